The average Bonchev–Trinajstić information content (AvgIpc) is 2.89. The molecule has 0 bridgehead atoms. The van der Waals surface area contributed by atoms with Crippen LogP contribution in [0.4, 0.5) is 0 Å². The number of fused-ring (bicyclic) bond motifs is 1. The number of aryl methyl sites for hydroxylation is 1. The number of likely N-dealkylation sites (N-methyl/N-ethyl adjacent to an activating group) is 1. The van der Waals surface area contributed by atoms with E-state index in [-0.39, 0.29) is 23.9 Å². The summed E-state index contributed by atoms with van der Waals surface area (Å²) < 4.78 is 27.8. The number of hydrogen-bond acceptors (Lipinski definition) is 4. The lowest BCUT2D eigenvalue weighted by atomic mass is 10.1. The van der Waals surface area contributed by atoms with Crippen molar-refractivity contribution in [2.75, 3.05) is 20.1 Å². The molecule has 0 aromatic heterocycles. The normalized spacial score (nSPS) is 12.5. The van der Waals surface area contributed by atoms with E-state index in [4.69, 9.17) is 0 Å². The largest absolute Gasteiger partial charge is 0.354 e. The molecule has 3 aromatic rings. The highest BCUT2D eigenvalue weighted by molar-refractivity contribution is 7.89. The van der Waals surface area contributed by atoms with Gasteiger partial charge in [0.25, 0.3) is 0 Å². The van der Waals surface area contributed by atoms with Crippen molar-refractivity contribution in [3.8, 4) is 0 Å². The molecule has 37 heavy (non-hydrogen) atoms. The molecule has 0 saturated heterocycles. The molecule has 0 saturated carbocycles. The Morgan fingerprint density at radius 3 is 2.27 bits per heavy atom. The molecule has 0 unspecified atom stereocenters. The Hall–Kier alpha value is -3.23. The first kappa shape index (κ1) is 28.3. The zero-order valence-corrected chi connectivity index (χ0v) is 22.9. The summed E-state index contributed by atoms with van der Waals surface area (Å²) in [6.45, 7) is 6.25. The molecule has 1 N–H and O–H groups in total. The van der Waals surface area contributed by atoms with Gasteiger partial charge in [-0.3, -0.25) is 9.59 Å². The van der Waals surface area contributed by atoms with Gasteiger partial charge in [0.1, 0.15) is 6.04 Å². The van der Waals surface area contributed by atoms with Crippen molar-refractivity contribution < 1.29 is 18.0 Å². The molecule has 2 amide bonds. The first-order valence-electron chi connectivity index (χ1n) is 12.7. The SMILES string of the molecule is CCCCNC(=O)[C@@H](CC)N(Cc1ccc(C)cc1)C(=O)CN(C)S(=O)(=O)c1ccc2ccccc2c1. The molecular formula is C29H37N3O4S. The Balaban J connectivity index is 1.85. The van der Waals surface area contributed by atoms with Crippen LogP contribution in [0.5, 0.6) is 0 Å². The van der Waals surface area contributed by atoms with Crippen LogP contribution in [0.25, 0.3) is 10.8 Å². The smallest absolute Gasteiger partial charge is 0.243 e. The molecule has 198 valence electrons. The fraction of sp³-hybridized carbons (Fsp3) is 0.379. The van der Waals surface area contributed by atoms with Crippen molar-refractivity contribution in [2.45, 2.75) is 57.5 Å². The van der Waals surface area contributed by atoms with E-state index in [2.05, 4.69) is 5.32 Å². The number of benzene rings is 3. The van der Waals surface area contributed by atoms with Gasteiger partial charge in [0.15, 0.2) is 0 Å². The highest BCUT2D eigenvalue weighted by Gasteiger charge is 2.31. The van der Waals surface area contributed by atoms with E-state index in [1.807, 2.05) is 69.3 Å². The van der Waals surface area contributed by atoms with E-state index >= 15 is 0 Å². The molecule has 8 heteroatoms. The molecule has 3 rings (SSSR count). The van der Waals surface area contributed by atoms with E-state index in [0.717, 1.165) is 39.0 Å². The monoisotopic (exact) mass is 523 g/mol. The summed E-state index contributed by atoms with van der Waals surface area (Å²) in [5, 5.41) is 4.67. The number of nitrogens with zero attached hydrogens (tertiary/aromatic N) is 2. The number of carbonyl (C=O) groups excluding carboxylic acids is 2. The maximum Gasteiger partial charge on any atom is 0.243 e. The summed E-state index contributed by atoms with van der Waals surface area (Å²) in [6.07, 6.45) is 2.21. The van der Waals surface area contributed by atoms with Crippen molar-refractivity contribution in [1.29, 1.82) is 0 Å². The van der Waals surface area contributed by atoms with Crippen LogP contribution in [-0.4, -0.2) is 55.6 Å². The Kier molecular flexibility index (Phi) is 9.83. The number of unbranched alkanes of at least 4 members (excludes halogenated alkanes) is 1. The van der Waals surface area contributed by atoms with Crippen LogP contribution in [0, 0.1) is 6.92 Å². The topological polar surface area (TPSA) is 86.8 Å². The zero-order valence-electron chi connectivity index (χ0n) is 22.1. The fourth-order valence-corrected chi connectivity index (χ4v) is 5.35. The molecule has 3 aromatic carbocycles. The number of amides is 2. The Morgan fingerprint density at radius 1 is 0.946 bits per heavy atom. The van der Waals surface area contributed by atoms with Crippen molar-refractivity contribution >= 4 is 32.6 Å². The molecule has 0 heterocycles. The number of carbonyl (C=O) groups is 2. The van der Waals surface area contributed by atoms with Crippen molar-refractivity contribution in [3.63, 3.8) is 0 Å². The third-order valence-electron chi connectivity index (χ3n) is 6.48. The van der Waals surface area contributed by atoms with Crippen LogP contribution in [-0.2, 0) is 26.2 Å². The minimum absolute atomic E-state index is 0.121. The van der Waals surface area contributed by atoms with Gasteiger partial charge in [-0.05, 0) is 48.2 Å². The van der Waals surface area contributed by atoms with E-state index in [1.54, 1.807) is 18.2 Å². The Bertz CT molecular complexity index is 1320. The summed E-state index contributed by atoms with van der Waals surface area (Å²) in [5.41, 5.74) is 1.96. The standard InChI is InChI=1S/C29H37N3O4S/c1-5-7-18-30-29(34)27(6-2)32(20-23-14-12-22(3)13-15-23)28(33)21-31(4)37(35,36)26-17-16-24-10-8-9-11-25(24)19-26/h8-17,19,27H,5-7,18,20-21H2,1-4H3,(H,30,34)/t27-/m1/s1. The minimum Gasteiger partial charge on any atom is -0.354 e. The van der Waals surface area contributed by atoms with Gasteiger partial charge < -0.3 is 10.2 Å². The zero-order chi connectivity index (χ0) is 27.0. The predicted octanol–water partition coefficient (Wildman–Crippen LogP) is 4.49. The Labute approximate surface area is 220 Å². The second-order valence-corrected chi connectivity index (χ2v) is 11.4. The van der Waals surface area contributed by atoms with Gasteiger partial charge in [-0.25, -0.2) is 8.42 Å². The van der Waals surface area contributed by atoms with E-state index in [9.17, 15) is 18.0 Å². The van der Waals surface area contributed by atoms with E-state index < -0.39 is 22.0 Å². The molecule has 0 aliphatic heterocycles. The number of sulfonamides is 1. The quantitative estimate of drug-likeness (QED) is 0.354. The maximum absolute atomic E-state index is 13.6. The van der Waals surface area contributed by atoms with Gasteiger partial charge >= 0.3 is 0 Å². The predicted molar refractivity (Wildman–Crippen MR) is 147 cm³/mol. The summed E-state index contributed by atoms with van der Waals surface area (Å²) >= 11 is 0. The fourth-order valence-electron chi connectivity index (χ4n) is 4.19. The van der Waals surface area contributed by atoms with Crippen LogP contribution in [0.3, 0.4) is 0 Å². The first-order valence-corrected chi connectivity index (χ1v) is 14.2. The van der Waals surface area contributed by atoms with Gasteiger partial charge in [-0.1, -0.05) is 80.4 Å². The highest BCUT2D eigenvalue weighted by atomic mass is 32.2. The number of nitrogens with one attached hydrogen (secondary N) is 1. The van der Waals surface area contributed by atoms with Crippen LogP contribution < -0.4 is 5.32 Å². The summed E-state index contributed by atoms with van der Waals surface area (Å²) in [5.74, 6) is -0.651. The van der Waals surface area contributed by atoms with Crippen LogP contribution >= 0.6 is 0 Å². The summed E-state index contributed by atoms with van der Waals surface area (Å²) in [6, 6.07) is 19.5. The first-order chi connectivity index (χ1) is 17.7. The molecule has 7 nitrogen and oxygen atoms in total. The van der Waals surface area contributed by atoms with Crippen LogP contribution in [0.15, 0.2) is 71.6 Å². The maximum atomic E-state index is 13.6. The van der Waals surface area contributed by atoms with Crippen molar-refractivity contribution in [3.05, 3.63) is 77.9 Å². The summed E-state index contributed by atoms with van der Waals surface area (Å²) in [4.78, 5) is 28.2. The van der Waals surface area contributed by atoms with Gasteiger partial charge in [0, 0.05) is 20.1 Å². The third kappa shape index (κ3) is 7.17. The molecule has 0 radical (unpaired) electrons. The van der Waals surface area contributed by atoms with Gasteiger partial charge in [0.2, 0.25) is 21.8 Å². The number of hydrogen-bond donors (Lipinski definition) is 1. The van der Waals surface area contributed by atoms with Gasteiger partial charge in [-0.2, -0.15) is 4.31 Å². The van der Waals surface area contributed by atoms with E-state index in [1.165, 1.54) is 11.9 Å². The molecular weight excluding hydrogens is 486 g/mol. The Morgan fingerprint density at radius 2 is 1.62 bits per heavy atom. The lowest BCUT2D eigenvalue weighted by Crippen LogP contribution is -2.51. The summed E-state index contributed by atoms with van der Waals surface area (Å²) in [7, 11) is -2.52. The number of rotatable bonds is 12. The molecule has 1 atom stereocenters. The van der Waals surface area contributed by atoms with Crippen molar-refractivity contribution in [2.24, 2.45) is 0 Å². The van der Waals surface area contributed by atoms with Crippen LogP contribution in [0.1, 0.15) is 44.2 Å². The van der Waals surface area contributed by atoms with Crippen molar-refractivity contribution in [1.82, 2.24) is 14.5 Å². The second-order valence-electron chi connectivity index (χ2n) is 9.35. The molecule has 0 spiro atoms. The molecule has 0 fully saturated rings. The molecule has 0 aliphatic carbocycles. The lowest BCUT2D eigenvalue weighted by molar-refractivity contribution is -0.141. The minimum atomic E-state index is -3.92. The van der Waals surface area contributed by atoms with E-state index in [0.29, 0.717) is 13.0 Å². The third-order valence-corrected chi connectivity index (χ3v) is 8.28. The van der Waals surface area contributed by atoms with Gasteiger partial charge in [0.05, 0.1) is 11.4 Å². The average molecular weight is 524 g/mol. The van der Waals surface area contributed by atoms with Crippen LogP contribution in [0.2, 0.25) is 0 Å². The lowest BCUT2D eigenvalue weighted by Gasteiger charge is -2.32. The second kappa shape index (κ2) is 12.8. The van der Waals surface area contributed by atoms with Gasteiger partial charge in [-0.15, -0.1) is 0 Å². The molecule has 0 aliphatic rings. The highest BCUT2D eigenvalue weighted by Crippen LogP contribution is 2.22.